The molecule has 2 heteroatoms. The van der Waals surface area contributed by atoms with Crippen molar-refractivity contribution in [3.8, 4) is 0 Å². The standard InChI is InChI=1S/C7H16OS/c1-3-7(2)8-5-4-6-9/h7,9H,3-6H2,1-2H3. The third kappa shape index (κ3) is 6.19. The van der Waals surface area contributed by atoms with E-state index in [1.165, 1.54) is 0 Å². The van der Waals surface area contributed by atoms with E-state index in [1.807, 2.05) is 0 Å². The summed E-state index contributed by atoms with van der Waals surface area (Å²) in [7, 11) is 0. The molecule has 9 heavy (non-hydrogen) atoms. The first kappa shape index (κ1) is 9.31. The highest BCUT2D eigenvalue weighted by molar-refractivity contribution is 7.80. The fraction of sp³-hybridized carbons (Fsp3) is 1.00. The van der Waals surface area contributed by atoms with Crippen LogP contribution in [0.15, 0.2) is 0 Å². The Bertz CT molecular complexity index is 56.9. The molecule has 0 aromatic heterocycles. The fourth-order valence-corrected chi connectivity index (χ4v) is 0.596. The van der Waals surface area contributed by atoms with Crippen molar-refractivity contribution < 1.29 is 4.74 Å². The lowest BCUT2D eigenvalue weighted by atomic mass is 10.3. The number of rotatable bonds is 5. The maximum Gasteiger partial charge on any atom is 0.0544 e. The molecular weight excluding hydrogens is 132 g/mol. The second-order valence-electron chi connectivity index (χ2n) is 2.17. The Hall–Kier alpha value is 0.310. The lowest BCUT2D eigenvalue weighted by Gasteiger charge is -2.08. The summed E-state index contributed by atoms with van der Waals surface area (Å²) in [5, 5.41) is 0. The molecule has 0 bridgehead atoms. The molecule has 0 heterocycles. The highest BCUT2D eigenvalue weighted by atomic mass is 32.1. The minimum absolute atomic E-state index is 0.421. The molecule has 1 unspecified atom stereocenters. The van der Waals surface area contributed by atoms with Gasteiger partial charge in [0.05, 0.1) is 6.10 Å². The van der Waals surface area contributed by atoms with E-state index in [2.05, 4.69) is 26.5 Å². The zero-order valence-electron chi connectivity index (χ0n) is 6.26. The van der Waals surface area contributed by atoms with Gasteiger partial charge in [-0.25, -0.2) is 0 Å². The zero-order valence-corrected chi connectivity index (χ0v) is 7.16. The van der Waals surface area contributed by atoms with E-state index in [9.17, 15) is 0 Å². The summed E-state index contributed by atoms with van der Waals surface area (Å²) in [6.07, 6.45) is 2.59. The van der Waals surface area contributed by atoms with Crippen LogP contribution in [0.5, 0.6) is 0 Å². The van der Waals surface area contributed by atoms with Crippen LogP contribution < -0.4 is 0 Å². The Morgan fingerprint density at radius 1 is 1.56 bits per heavy atom. The van der Waals surface area contributed by atoms with Crippen molar-refractivity contribution >= 4 is 12.6 Å². The number of hydrogen-bond donors (Lipinski definition) is 1. The van der Waals surface area contributed by atoms with Gasteiger partial charge in [0.1, 0.15) is 0 Å². The second kappa shape index (κ2) is 6.43. The Morgan fingerprint density at radius 2 is 2.22 bits per heavy atom. The largest absolute Gasteiger partial charge is 0.378 e. The quantitative estimate of drug-likeness (QED) is 0.464. The second-order valence-corrected chi connectivity index (χ2v) is 2.61. The molecule has 0 aliphatic carbocycles. The van der Waals surface area contributed by atoms with E-state index >= 15 is 0 Å². The molecule has 0 N–H and O–H groups in total. The topological polar surface area (TPSA) is 9.23 Å². The zero-order chi connectivity index (χ0) is 7.11. The highest BCUT2D eigenvalue weighted by Gasteiger charge is 1.95. The molecule has 0 rings (SSSR count). The summed E-state index contributed by atoms with van der Waals surface area (Å²) < 4.78 is 5.38. The molecule has 1 nitrogen and oxygen atoms in total. The summed E-state index contributed by atoms with van der Waals surface area (Å²) in [6.45, 7) is 5.09. The molecule has 0 aromatic carbocycles. The van der Waals surface area contributed by atoms with Gasteiger partial charge < -0.3 is 4.74 Å². The summed E-state index contributed by atoms with van der Waals surface area (Å²) >= 11 is 4.07. The smallest absolute Gasteiger partial charge is 0.0544 e. The predicted molar refractivity (Wildman–Crippen MR) is 44.2 cm³/mol. The van der Waals surface area contributed by atoms with Gasteiger partial charge in [-0.15, -0.1) is 0 Å². The van der Waals surface area contributed by atoms with Gasteiger partial charge in [-0.2, -0.15) is 12.6 Å². The molecular formula is C7H16OS. The predicted octanol–water partition coefficient (Wildman–Crippen LogP) is 2.12. The van der Waals surface area contributed by atoms with Crippen molar-refractivity contribution in [1.82, 2.24) is 0 Å². The van der Waals surface area contributed by atoms with Crippen LogP contribution in [0.3, 0.4) is 0 Å². The Morgan fingerprint density at radius 3 is 2.67 bits per heavy atom. The molecule has 0 aromatic rings. The van der Waals surface area contributed by atoms with E-state index in [-0.39, 0.29) is 0 Å². The average Bonchev–Trinajstić information content (AvgIpc) is 1.89. The van der Waals surface area contributed by atoms with Crippen molar-refractivity contribution in [2.45, 2.75) is 32.8 Å². The van der Waals surface area contributed by atoms with Crippen LogP contribution in [-0.2, 0) is 4.74 Å². The van der Waals surface area contributed by atoms with Crippen LogP contribution in [-0.4, -0.2) is 18.5 Å². The first-order chi connectivity index (χ1) is 4.31. The molecule has 56 valence electrons. The number of thiol groups is 1. The van der Waals surface area contributed by atoms with E-state index in [0.29, 0.717) is 6.10 Å². The molecule has 0 radical (unpaired) electrons. The molecule has 0 spiro atoms. The number of hydrogen-bond acceptors (Lipinski definition) is 2. The third-order valence-corrected chi connectivity index (χ3v) is 1.60. The Balaban J connectivity index is 2.88. The summed E-state index contributed by atoms with van der Waals surface area (Å²) in [5.74, 6) is 0.927. The van der Waals surface area contributed by atoms with Gasteiger partial charge in [0, 0.05) is 6.61 Å². The third-order valence-electron chi connectivity index (χ3n) is 1.28. The molecule has 0 saturated carbocycles. The van der Waals surface area contributed by atoms with Gasteiger partial charge in [-0.1, -0.05) is 6.92 Å². The molecule has 0 aliphatic rings. The molecule has 1 atom stereocenters. The van der Waals surface area contributed by atoms with Gasteiger partial charge >= 0.3 is 0 Å². The van der Waals surface area contributed by atoms with Crippen LogP contribution in [0.2, 0.25) is 0 Å². The van der Waals surface area contributed by atoms with Crippen LogP contribution >= 0.6 is 12.6 Å². The Kier molecular flexibility index (Phi) is 6.65. The lowest BCUT2D eigenvalue weighted by molar-refractivity contribution is 0.0647. The van der Waals surface area contributed by atoms with Crippen molar-refractivity contribution in [2.24, 2.45) is 0 Å². The molecule has 0 fully saturated rings. The molecule has 0 saturated heterocycles. The van der Waals surface area contributed by atoms with Crippen LogP contribution in [0.1, 0.15) is 26.7 Å². The maximum atomic E-state index is 5.38. The molecule has 0 aliphatic heterocycles. The summed E-state index contributed by atoms with van der Waals surface area (Å²) in [6, 6.07) is 0. The Labute approximate surface area is 63.2 Å². The first-order valence-electron chi connectivity index (χ1n) is 3.53. The fourth-order valence-electron chi connectivity index (χ4n) is 0.467. The van der Waals surface area contributed by atoms with Crippen molar-refractivity contribution in [2.75, 3.05) is 12.4 Å². The van der Waals surface area contributed by atoms with Gasteiger partial charge in [0.25, 0.3) is 0 Å². The van der Waals surface area contributed by atoms with Crippen molar-refractivity contribution in [3.63, 3.8) is 0 Å². The minimum Gasteiger partial charge on any atom is -0.378 e. The van der Waals surface area contributed by atoms with Gasteiger partial charge in [-0.05, 0) is 25.5 Å². The van der Waals surface area contributed by atoms with Crippen molar-refractivity contribution in [3.05, 3.63) is 0 Å². The maximum absolute atomic E-state index is 5.38. The van der Waals surface area contributed by atoms with E-state index in [0.717, 1.165) is 25.2 Å². The normalized spacial score (nSPS) is 13.7. The van der Waals surface area contributed by atoms with E-state index < -0.39 is 0 Å². The monoisotopic (exact) mass is 148 g/mol. The van der Waals surface area contributed by atoms with Gasteiger partial charge in [0.15, 0.2) is 0 Å². The van der Waals surface area contributed by atoms with Crippen LogP contribution in [0, 0.1) is 0 Å². The van der Waals surface area contributed by atoms with Crippen molar-refractivity contribution in [1.29, 1.82) is 0 Å². The van der Waals surface area contributed by atoms with Crippen LogP contribution in [0.25, 0.3) is 0 Å². The average molecular weight is 148 g/mol. The minimum atomic E-state index is 0.421. The highest BCUT2D eigenvalue weighted by Crippen LogP contribution is 1.96. The van der Waals surface area contributed by atoms with Crippen LogP contribution in [0.4, 0.5) is 0 Å². The SMILES string of the molecule is CCC(C)OCCCS. The summed E-state index contributed by atoms with van der Waals surface area (Å²) in [5.41, 5.74) is 0. The summed E-state index contributed by atoms with van der Waals surface area (Å²) in [4.78, 5) is 0. The van der Waals surface area contributed by atoms with E-state index in [4.69, 9.17) is 4.74 Å². The van der Waals surface area contributed by atoms with E-state index in [1.54, 1.807) is 0 Å². The van der Waals surface area contributed by atoms with Gasteiger partial charge in [-0.3, -0.25) is 0 Å². The molecule has 0 amide bonds. The first-order valence-corrected chi connectivity index (χ1v) is 4.17. The number of ether oxygens (including phenoxy) is 1. The lowest BCUT2D eigenvalue weighted by Crippen LogP contribution is -2.07. The van der Waals surface area contributed by atoms with Gasteiger partial charge in [0.2, 0.25) is 0 Å².